The molecule has 0 spiro atoms. The van der Waals surface area contributed by atoms with Gasteiger partial charge < -0.3 is 14.2 Å². The zero-order chi connectivity index (χ0) is 15.4. The van der Waals surface area contributed by atoms with E-state index >= 15 is 0 Å². The standard InChI is InChI=1S/C16H19N3O2S/c1-21-11-13-8-18(10-14-7-17-12-19(14)9-13)16(20)5-4-15-3-2-6-22-15/h2-7,12-13H,8-11H2,1H3/b5-4+/t13-/m1/s1. The summed E-state index contributed by atoms with van der Waals surface area (Å²) in [5, 5.41) is 2.00. The van der Waals surface area contributed by atoms with Crippen molar-refractivity contribution in [3.8, 4) is 0 Å². The summed E-state index contributed by atoms with van der Waals surface area (Å²) in [4.78, 5) is 19.6. The summed E-state index contributed by atoms with van der Waals surface area (Å²) < 4.78 is 7.40. The lowest BCUT2D eigenvalue weighted by molar-refractivity contribution is -0.127. The molecule has 0 aromatic carbocycles. The monoisotopic (exact) mass is 317 g/mol. The zero-order valence-corrected chi connectivity index (χ0v) is 13.3. The normalized spacial score (nSPS) is 18.4. The number of nitrogens with zero attached hydrogens (tertiary/aromatic N) is 3. The number of methoxy groups -OCH3 is 1. The maximum Gasteiger partial charge on any atom is 0.246 e. The van der Waals surface area contributed by atoms with Gasteiger partial charge in [-0.1, -0.05) is 6.07 Å². The number of hydrogen-bond donors (Lipinski definition) is 0. The lowest BCUT2D eigenvalue weighted by Gasteiger charge is -2.22. The third-order valence-electron chi connectivity index (χ3n) is 3.73. The van der Waals surface area contributed by atoms with Crippen LogP contribution in [0.3, 0.4) is 0 Å². The van der Waals surface area contributed by atoms with Crippen LogP contribution in [0.5, 0.6) is 0 Å². The quantitative estimate of drug-likeness (QED) is 0.813. The number of thiophene rings is 1. The van der Waals surface area contributed by atoms with E-state index in [1.807, 2.05) is 41.0 Å². The molecule has 0 unspecified atom stereocenters. The van der Waals surface area contributed by atoms with Gasteiger partial charge in [0, 0.05) is 43.3 Å². The van der Waals surface area contributed by atoms with Gasteiger partial charge >= 0.3 is 0 Å². The van der Waals surface area contributed by atoms with Gasteiger partial charge in [0.15, 0.2) is 0 Å². The summed E-state index contributed by atoms with van der Waals surface area (Å²) in [6, 6.07) is 3.98. The first-order valence-electron chi connectivity index (χ1n) is 7.24. The van der Waals surface area contributed by atoms with E-state index in [-0.39, 0.29) is 11.8 Å². The fourth-order valence-electron chi connectivity index (χ4n) is 2.71. The zero-order valence-electron chi connectivity index (χ0n) is 12.5. The van der Waals surface area contributed by atoms with Crippen LogP contribution in [0.25, 0.3) is 6.08 Å². The number of rotatable bonds is 4. The minimum absolute atomic E-state index is 0.0316. The molecule has 1 amide bonds. The average Bonchev–Trinajstić information content (AvgIpc) is 3.14. The fraction of sp³-hybridized carbons (Fsp3) is 0.375. The molecule has 5 nitrogen and oxygen atoms in total. The average molecular weight is 317 g/mol. The minimum Gasteiger partial charge on any atom is -0.384 e. The van der Waals surface area contributed by atoms with Crippen LogP contribution in [-0.4, -0.2) is 40.6 Å². The molecule has 1 atom stereocenters. The van der Waals surface area contributed by atoms with Crippen molar-refractivity contribution in [3.63, 3.8) is 0 Å². The molecule has 3 rings (SSSR count). The van der Waals surface area contributed by atoms with Crippen LogP contribution in [0.2, 0.25) is 0 Å². The van der Waals surface area contributed by atoms with Crippen LogP contribution >= 0.6 is 11.3 Å². The molecule has 2 aromatic heterocycles. The highest BCUT2D eigenvalue weighted by atomic mass is 32.1. The molecule has 1 aliphatic heterocycles. The van der Waals surface area contributed by atoms with Gasteiger partial charge in [-0.3, -0.25) is 4.79 Å². The number of imidazole rings is 1. The maximum absolute atomic E-state index is 12.5. The van der Waals surface area contributed by atoms with E-state index in [0.29, 0.717) is 19.7 Å². The van der Waals surface area contributed by atoms with Crippen molar-refractivity contribution >= 4 is 23.3 Å². The predicted octanol–water partition coefficient (Wildman–Crippen LogP) is 2.26. The van der Waals surface area contributed by atoms with Crippen LogP contribution in [0.15, 0.2) is 36.1 Å². The SMILES string of the molecule is COC[C@@H]1CN(C(=O)/C=C/c2cccs2)Cc2cncn2C1. The van der Waals surface area contributed by atoms with Crippen molar-refractivity contribution in [1.29, 1.82) is 0 Å². The molecule has 0 aliphatic carbocycles. The third-order valence-corrected chi connectivity index (χ3v) is 4.57. The van der Waals surface area contributed by atoms with Crippen LogP contribution in [0.1, 0.15) is 10.6 Å². The van der Waals surface area contributed by atoms with E-state index in [2.05, 4.69) is 9.55 Å². The van der Waals surface area contributed by atoms with Gasteiger partial charge in [-0.25, -0.2) is 4.98 Å². The molecule has 0 bridgehead atoms. The van der Waals surface area contributed by atoms with Crippen LogP contribution < -0.4 is 0 Å². The molecular weight excluding hydrogens is 298 g/mol. The summed E-state index contributed by atoms with van der Waals surface area (Å²) in [5.41, 5.74) is 1.07. The number of hydrogen-bond acceptors (Lipinski definition) is 4. The van der Waals surface area contributed by atoms with Gasteiger partial charge in [-0.15, -0.1) is 11.3 Å². The highest BCUT2D eigenvalue weighted by Gasteiger charge is 2.24. The fourth-order valence-corrected chi connectivity index (χ4v) is 3.32. The maximum atomic E-state index is 12.5. The topological polar surface area (TPSA) is 47.4 Å². The summed E-state index contributed by atoms with van der Waals surface area (Å²) >= 11 is 1.62. The Bertz CT molecular complexity index is 648. The van der Waals surface area contributed by atoms with Crippen molar-refractivity contribution < 1.29 is 9.53 Å². The minimum atomic E-state index is 0.0316. The number of carbonyl (C=O) groups excluding carboxylic acids is 1. The molecule has 0 radical (unpaired) electrons. The Morgan fingerprint density at radius 2 is 2.45 bits per heavy atom. The van der Waals surface area contributed by atoms with E-state index in [4.69, 9.17) is 4.74 Å². The Morgan fingerprint density at radius 3 is 3.23 bits per heavy atom. The van der Waals surface area contributed by atoms with Gasteiger partial charge in [0.1, 0.15) is 0 Å². The second kappa shape index (κ2) is 6.89. The van der Waals surface area contributed by atoms with Gasteiger partial charge in [0.25, 0.3) is 0 Å². The highest BCUT2D eigenvalue weighted by molar-refractivity contribution is 7.10. The smallest absolute Gasteiger partial charge is 0.246 e. The first-order chi connectivity index (χ1) is 10.8. The second-order valence-electron chi connectivity index (χ2n) is 5.43. The first kappa shape index (κ1) is 15.0. The van der Waals surface area contributed by atoms with Gasteiger partial charge in [0.2, 0.25) is 5.91 Å². The van der Waals surface area contributed by atoms with Crippen molar-refractivity contribution in [1.82, 2.24) is 14.5 Å². The number of ether oxygens (including phenoxy) is 1. The van der Waals surface area contributed by atoms with E-state index in [9.17, 15) is 4.79 Å². The van der Waals surface area contributed by atoms with E-state index in [1.165, 1.54) is 0 Å². The molecule has 0 saturated carbocycles. The molecule has 2 aromatic rings. The predicted molar refractivity (Wildman–Crippen MR) is 86.4 cm³/mol. The Morgan fingerprint density at radius 1 is 1.55 bits per heavy atom. The van der Waals surface area contributed by atoms with Crippen LogP contribution in [0.4, 0.5) is 0 Å². The first-order valence-corrected chi connectivity index (χ1v) is 8.12. The molecule has 0 fully saturated rings. The molecule has 116 valence electrons. The van der Waals surface area contributed by atoms with Gasteiger partial charge in [-0.05, 0) is 17.5 Å². The van der Waals surface area contributed by atoms with Gasteiger partial charge in [-0.2, -0.15) is 0 Å². The molecule has 1 aliphatic rings. The molecule has 0 N–H and O–H groups in total. The molecular formula is C16H19N3O2S. The molecule has 3 heterocycles. The lowest BCUT2D eigenvalue weighted by Crippen LogP contribution is -2.34. The van der Waals surface area contributed by atoms with Crippen molar-refractivity contribution in [2.24, 2.45) is 5.92 Å². The summed E-state index contributed by atoms with van der Waals surface area (Å²) in [5.74, 6) is 0.309. The van der Waals surface area contributed by atoms with Crippen molar-refractivity contribution in [3.05, 3.63) is 46.7 Å². The Hall–Kier alpha value is -1.92. The summed E-state index contributed by atoms with van der Waals surface area (Å²) in [6.45, 7) is 2.76. The van der Waals surface area contributed by atoms with E-state index in [1.54, 1.807) is 24.5 Å². The largest absolute Gasteiger partial charge is 0.384 e. The Labute approximate surface area is 133 Å². The Balaban J connectivity index is 1.75. The number of amides is 1. The van der Waals surface area contributed by atoms with E-state index < -0.39 is 0 Å². The molecule has 6 heteroatoms. The van der Waals surface area contributed by atoms with Crippen molar-refractivity contribution in [2.45, 2.75) is 13.1 Å². The number of aromatic nitrogens is 2. The third kappa shape index (κ3) is 3.45. The molecule has 22 heavy (non-hydrogen) atoms. The van der Waals surface area contributed by atoms with Crippen molar-refractivity contribution in [2.75, 3.05) is 20.3 Å². The number of carbonyl (C=O) groups is 1. The highest BCUT2D eigenvalue weighted by Crippen LogP contribution is 2.17. The van der Waals surface area contributed by atoms with Crippen LogP contribution in [0, 0.1) is 5.92 Å². The number of fused-ring (bicyclic) bond motifs is 1. The summed E-state index contributed by atoms with van der Waals surface area (Å²) in [6.07, 6.45) is 7.19. The molecule has 0 saturated heterocycles. The lowest BCUT2D eigenvalue weighted by atomic mass is 10.1. The van der Waals surface area contributed by atoms with Gasteiger partial charge in [0.05, 0.1) is 25.2 Å². The van der Waals surface area contributed by atoms with E-state index in [0.717, 1.165) is 17.1 Å². The van der Waals surface area contributed by atoms with Crippen LogP contribution in [-0.2, 0) is 22.6 Å². The second-order valence-corrected chi connectivity index (χ2v) is 6.41. The Kier molecular flexibility index (Phi) is 4.70. The summed E-state index contributed by atoms with van der Waals surface area (Å²) in [7, 11) is 1.70.